The third-order valence-corrected chi connectivity index (χ3v) is 5.44. The molecule has 4 rings (SSSR count). The zero-order valence-electron chi connectivity index (χ0n) is 15.3. The lowest BCUT2D eigenvalue weighted by Gasteiger charge is -2.30. The third-order valence-electron chi connectivity index (χ3n) is 5.44. The van der Waals surface area contributed by atoms with Crippen LogP contribution < -0.4 is 20.1 Å². The Morgan fingerprint density at radius 1 is 1.12 bits per heavy atom. The van der Waals surface area contributed by atoms with Crippen molar-refractivity contribution in [2.75, 3.05) is 32.6 Å². The summed E-state index contributed by atoms with van der Waals surface area (Å²) in [5, 5.41) is 8.52. The first kappa shape index (κ1) is 16.5. The summed E-state index contributed by atoms with van der Waals surface area (Å²) in [4.78, 5) is 4.92. The molecule has 1 fully saturated rings. The maximum atomic E-state index is 5.53. The van der Waals surface area contributed by atoms with Crippen LogP contribution in [0.2, 0.25) is 0 Å². The van der Waals surface area contributed by atoms with Crippen molar-refractivity contribution < 1.29 is 9.47 Å². The van der Waals surface area contributed by atoms with E-state index in [9.17, 15) is 0 Å². The van der Waals surface area contributed by atoms with Crippen LogP contribution in [0.1, 0.15) is 31.0 Å². The highest BCUT2D eigenvalue weighted by Crippen LogP contribution is 2.40. The molecule has 2 atom stereocenters. The molecular weight excluding hydrogens is 314 g/mol. The van der Waals surface area contributed by atoms with E-state index in [0.29, 0.717) is 12.0 Å². The summed E-state index contributed by atoms with van der Waals surface area (Å²) in [6.45, 7) is 4.43. The number of rotatable bonds is 4. The van der Waals surface area contributed by atoms with Crippen molar-refractivity contribution in [1.82, 2.24) is 10.3 Å². The Morgan fingerprint density at radius 3 is 2.68 bits per heavy atom. The van der Waals surface area contributed by atoms with Crippen molar-refractivity contribution >= 4 is 16.6 Å². The SMILES string of the molecule is COc1cc2nc3c(c(N[C@@H]4CNC[C@H](C)C4)c2cc1OC)CCC3. The van der Waals surface area contributed by atoms with E-state index in [1.807, 2.05) is 6.07 Å². The van der Waals surface area contributed by atoms with E-state index in [0.717, 1.165) is 48.3 Å². The fourth-order valence-electron chi connectivity index (χ4n) is 4.22. The van der Waals surface area contributed by atoms with Crippen molar-refractivity contribution in [2.45, 2.75) is 38.6 Å². The molecule has 2 N–H and O–H groups in total. The van der Waals surface area contributed by atoms with Crippen LogP contribution in [0.3, 0.4) is 0 Å². The number of anilines is 1. The van der Waals surface area contributed by atoms with Crippen LogP contribution in [0.25, 0.3) is 10.9 Å². The molecule has 2 heterocycles. The number of piperidine rings is 1. The standard InChI is InChI=1S/C20H27N3O2/c1-12-7-13(11-21-10-12)22-20-14-5-4-6-16(14)23-17-9-19(25-3)18(24-2)8-15(17)20/h8-9,12-13,21H,4-7,10-11H2,1-3H3,(H,22,23)/t12-,13+/m1/s1. The van der Waals surface area contributed by atoms with Gasteiger partial charge in [0.25, 0.3) is 0 Å². The Bertz CT molecular complexity index is 790. The summed E-state index contributed by atoms with van der Waals surface area (Å²) in [5.41, 5.74) is 4.86. The number of aryl methyl sites for hydroxylation is 1. The number of hydrogen-bond donors (Lipinski definition) is 2. The highest BCUT2D eigenvalue weighted by molar-refractivity contribution is 5.96. The molecule has 1 aliphatic carbocycles. The first-order valence-corrected chi connectivity index (χ1v) is 9.24. The van der Waals surface area contributed by atoms with E-state index in [1.54, 1.807) is 14.2 Å². The van der Waals surface area contributed by atoms with Crippen molar-refractivity contribution in [1.29, 1.82) is 0 Å². The lowest BCUT2D eigenvalue weighted by molar-refractivity contribution is 0.355. The molecule has 1 aromatic heterocycles. The molecule has 0 unspecified atom stereocenters. The lowest BCUT2D eigenvalue weighted by atomic mass is 9.96. The minimum absolute atomic E-state index is 0.451. The largest absolute Gasteiger partial charge is 0.493 e. The minimum atomic E-state index is 0.451. The zero-order valence-corrected chi connectivity index (χ0v) is 15.3. The summed E-state index contributed by atoms with van der Waals surface area (Å²) in [6.07, 6.45) is 4.54. The van der Waals surface area contributed by atoms with Crippen LogP contribution in [-0.2, 0) is 12.8 Å². The predicted molar refractivity (Wildman–Crippen MR) is 101 cm³/mol. The molecule has 5 nitrogen and oxygen atoms in total. The van der Waals surface area contributed by atoms with Gasteiger partial charge in [0.1, 0.15) is 0 Å². The number of benzene rings is 1. The summed E-state index contributed by atoms with van der Waals surface area (Å²) >= 11 is 0. The van der Waals surface area contributed by atoms with Gasteiger partial charge in [-0.2, -0.15) is 0 Å². The van der Waals surface area contributed by atoms with Crippen LogP contribution in [-0.4, -0.2) is 38.3 Å². The third kappa shape index (κ3) is 3.01. The summed E-state index contributed by atoms with van der Waals surface area (Å²) in [5.74, 6) is 2.19. The number of ether oxygens (including phenoxy) is 2. The maximum Gasteiger partial charge on any atom is 0.162 e. The van der Waals surface area contributed by atoms with Crippen molar-refractivity contribution in [3.8, 4) is 11.5 Å². The Hall–Kier alpha value is -2.01. The molecule has 0 radical (unpaired) electrons. The van der Waals surface area contributed by atoms with Crippen LogP contribution in [0.5, 0.6) is 11.5 Å². The van der Waals surface area contributed by atoms with Gasteiger partial charge in [0, 0.05) is 35.4 Å². The quantitative estimate of drug-likeness (QED) is 0.895. The van der Waals surface area contributed by atoms with Crippen LogP contribution in [0.15, 0.2) is 12.1 Å². The molecule has 25 heavy (non-hydrogen) atoms. The fourth-order valence-corrected chi connectivity index (χ4v) is 4.22. The van der Waals surface area contributed by atoms with Gasteiger partial charge in [-0.3, -0.25) is 4.98 Å². The molecule has 134 valence electrons. The molecular formula is C20H27N3O2. The Morgan fingerprint density at radius 2 is 1.92 bits per heavy atom. The normalized spacial score (nSPS) is 22.7. The van der Waals surface area contributed by atoms with Gasteiger partial charge < -0.3 is 20.1 Å². The van der Waals surface area contributed by atoms with E-state index in [1.165, 1.54) is 29.8 Å². The average Bonchev–Trinajstić information content (AvgIpc) is 3.08. The number of pyridine rings is 1. The second kappa shape index (κ2) is 6.71. The van der Waals surface area contributed by atoms with Gasteiger partial charge in [0.2, 0.25) is 0 Å². The smallest absolute Gasteiger partial charge is 0.162 e. The second-order valence-corrected chi connectivity index (χ2v) is 7.33. The highest BCUT2D eigenvalue weighted by Gasteiger charge is 2.25. The Kier molecular flexibility index (Phi) is 4.42. The molecule has 1 aliphatic heterocycles. The van der Waals surface area contributed by atoms with Crippen molar-refractivity contribution in [3.05, 3.63) is 23.4 Å². The van der Waals surface area contributed by atoms with Crippen molar-refractivity contribution in [2.24, 2.45) is 5.92 Å². The number of methoxy groups -OCH3 is 2. The van der Waals surface area contributed by atoms with E-state index < -0.39 is 0 Å². The monoisotopic (exact) mass is 341 g/mol. The van der Waals surface area contributed by atoms with Gasteiger partial charge in [0.15, 0.2) is 11.5 Å². The van der Waals surface area contributed by atoms with Crippen LogP contribution in [0, 0.1) is 5.92 Å². The molecule has 2 aromatic rings. The van der Waals surface area contributed by atoms with Gasteiger partial charge in [0.05, 0.1) is 19.7 Å². The Labute approximate surface area is 149 Å². The second-order valence-electron chi connectivity index (χ2n) is 7.33. The number of hydrogen-bond acceptors (Lipinski definition) is 5. The van der Waals surface area contributed by atoms with E-state index >= 15 is 0 Å². The molecule has 2 aliphatic rings. The highest BCUT2D eigenvalue weighted by atomic mass is 16.5. The van der Waals surface area contributed by atoms with E-state index in [4.69, 9.17) is 14.5 Å². The fraction of sp³-hybridized carbons (Fsp3) is 0.550. The first-order valence-electron chi connectivity index (χ1n) is 9.24. The molecule has 5 heteroatoms. The van der Waals surface area contributed by atoms with Gasteiger partial charge in [-0.1, -0.05) is 6.92 Å². The van der Waals surface area contributed by atoms with E-state index in [2.05, 4.69) is 23.6 Å². The maximum absolute atomic E-state index is 5.53. The molecule has 0 amide bonds. The molecule has 0 saturated carbocycles. The number of fused-ring (bicyclic) bond motifs is 2. The molecule has 1 aromatic carbocycles. The average molecular weight is 341 g/mol. The number of nitrogens with one attached hydrogen (secondary N) is 2. The zero-order chi connectivity index (χ0) is 17.4. The molecule has 1 saturated heterocycles. The minimum Gasteiger partial charge on any atom is -0.493 e. The Balaban J connectivity index is 1.82. The van der Waals surface area contributed by atoms with Crippen molar-refractivity contribution in [3.63, 3.8) is 0 Å². The topological polar surface area (TPSA) is 55.4 Å². The van der Waals surface area contributed by atoms with Gasteiger partial charge in [-0.05, 0) is 49.8 Å². The van der Waals surface area contributed by atoms with Crippen LogP contribution >= 0.6 is 0 Å². The van der Waals surface area contributed by atoms with Crippen LogP contribution in [0.4, 0.5) is 5.69 Å². The van der Waals surface area contributed by atoms with Gasteiger partial charge in [-0.15, -0.1) is 0 Å². The molecule has 0 spiro atoms. The lowest BCUT2D eigenvalue weighted by Crippen LogP contribution is -2.42. The molecule has 0 bridgehead atoms. The van der Waals surface area contributed by atoms with E-state index in [-0.39, 0.29) is 0 Å². The predicted octanol–water partition coefficient (Wildman–Crippen LogP) is 3.15. The number of aromatic nitrogens is 1. The summed E-state index contributed by atoms with van der Waals surface area (Å²) in [7, 11) is 3.36. The number of nitrogens with zero attached hydrogens (tertiary/aromatic N) is 1. The van der Waals surface area contributed by atoms with Gasteiger partial charge >= 0.3 is 0 Å². The summed E-state index contributed by atoms with van der Waals surface area (Å²) < 4.78 is 11.0. The summed E-state index contributed by atoms with van der Waals surface area (Å²) in [6, 6.07) is 4.52. The van der Waals surface area contributed by atoms with Gasteiger partial charge in [-0.25, -0.2) is 0 Å². The first-order chi connectivity index (χ1) is 12.2.